The van der Waals surface area contributed by atoms with Crippen molar-refractivity contribution in [2.75, 3.05) is 23.7 Å². The highest BCUT2D eigenvalue weighted by atomic mass is 35.5. The van der Waals surface area contributed by atoms with E-state index in [9.17, 15) is 18.0 Å². The summed E-state index contributed by atoms with van der Waals surface area (Å²) in [6.45, 7) is 7.47. The van der Waals surface area contributed by atoms with E-state index in [4.69, 9.17) is 23.2 Å². The zero-order valence-electron chi connectivity index (χ0n) is 20.8. The van der Waals surface area contributed by atoms with Gasteiger partial charge in [-0.15, -0.1) is 0 Å². The molecule has 35 heavy (non-hydrogen) atoms. The molecule has 2 aromatic carbocycles. The van der Waals surface area contributed by atoms with Gasteiger partial charge in [-0.3, -0.25) is 13.9 Å². The fourth-order valence-corrected chi connectivity index (χ4v) is 4.99. The van der Waals surface area contributed by atoms with Crippen molar-refractivity contribution < 1.29 is 18.0 Å². The number of hydrogen-bond acceptors (Lipinski definition) is 4. The van der Waals surface area contributed by atoms with Crippen LogP contribution >= 0.6 is 23.2 Å². The molecule has 1 atom stereocenters. The molecule has 2 rings (SSSR count). The Morgan fingerprint density at radius 2 is 1.66 bits per heavy atom. The molecule has 0 fully saturated rings. The molecule has 2 amide bonds. The fourth-order valence-electron chi connectivity index (χ4n) is 3.63. The number of carbonyl (C=O) groups excluding carboxylic acids is 2. The van der Waals surface area contributed by atoms with E-state index in [1.54, 1.807) is 37.3 Å². The van der Waals surface area contributed by atoms with E-state index in [2.05, 4.69) is 5.32 Å². The second kappa shape index (κ2) is 12.6. The van der Waals surface area contributed by atoms with Crippen molar-refractivity contribution in [1.29, 1.82) is 0 Å². The summed E-state index contributed by atoms with van der Waals surface area (Å²) in [4.78, 5) is 28.0. The number of anilines is 1. The van der Waals surface area contributed by atoms with Crippen LogP contribution in [0.1, 0.15) is 43.4 Å². The highest BCUT2D eigenvalue weighted by Gasteiger charge is 2.32. The summed E-state index contributed by atoms with van der Waals surface area (Å²) in [5, 5.41) is 3.54. The Morgan fingerprint density at radius 1 is 1.03 bits per heavy atom. The van der Waals surface area contributed by atoms with Crippen LogP contribution in [0, 0.1) is 13.8 Å². The molecule has 2 aromatic rings. The maximum atomic E-state index is 13.7. The van der Waals surface area contributed by atoms with E-state index in [-0.39, 0.29) is 12.5 Å². The number of amides is 2. The van der Waals surface area contributed by atoms with Crippen LogP contribution in [-0.2, 0) is 26.2 Å². The molecular formula is C25H33Cl2N3O4S. The lowest BCUT2D eigenvalue weighted by atomic mass is 10.1. The largest absolute Gasteiger partial charge is 0.354 e. The Hall–Kier alpha value is -2.29. The molecule has 1 unspecified atom stereocenters. The van der Waals surface area contributed by atoms with Gasteiger partial charge in [-0.05, 0) is 62.1 Å². The molecule has 0 radical (unpaired) electrons. The quantitative estimate of drug-likeness (QED) is 0.446. The molecule has 0 bridgehead atoms. The summed E-state index contributed by atoms with van der Waals surface area (Å²) in [5.74, 6) is -0.855. The molecule has 0 aliphatic heterocycles. The number of halogens is 2. The number of sulfonamides is 1. The second-order valence-electron chi connectivity index (χ2n) is 8.48. The van der Waals surface area contributed by atoms with Gasteiger partial charge in [-0.2, -0.15) is 0 Å². The van der Waals surface area contributed by atoms with Crippen molar-refractivity contribution in [3.05, 3.63) is 63.1 Å². The molecule has 0 aliphatic rings. The first-order valence-corrected chi connectivity index (χ1v) is 14.1. The number of benzene rings is 2. The van der Waals surface area contributed by atoms with Crippen LogP contribution in [-0.4, -0.2) is 50.5 Å². The third-order valence-electron chi connectivity index (χ3n) is 5.78. The molecule has 0 spiro atoms. The minimum absolute atomic E-state index is 0.0417. The Morgan fingerprint density at radius 3 is 2.17 bits per heavy atom. The van der Waals surface area contributed by atoms with E-state index in [0.717, 1.165) is 28.1 Å². The zero-order valence-corrected chi connectivity index (χ0v) is 23.1. The maximum absolute atomic E-state index is 13.7. The van der Waals surface area contributed by atoms with Gasteiger partial charge in [0.05, 0.1) is 11.9 Å². The van der Waals surface area contributed by atoms with Gasteiger partial charge in [0, 0.05) is 28.7 Å². The predicted octanol–water partition coefficient (Wildman–Crippen LogP) is 4.71. The van der Waals surface area contributed by atoms with Crippen LogP contribution in [0.25, 0.3) is 0 Å². The van der Waals surface area contributed by atoms with Crippen molar-refractivity contribution in [2.24, 2.45) is 0 Å². The molecule has 0 aromatic heterocycles. The standard InChI is InChI=1S/C25H33Cl2N3O4S/c1-6-13-28-25(32)23(7-2)29(15-20-21(26)9-8-10-22(20)27)24(31)16-30(35(5,33)34)19-12-11-17(3)18(4)14-19/h8-12,14,23H,6-7,13,15-16H2,1-5H3,(H,28,32). The lowest BCUT2D eigenvalue weighted by molar-refractivity contribution is -0.140. The van der Waals surface area contributed by atoms with E-state index < -0.39 is 28.5 Å². The van der Waals surface area contributed by atoms with Crippen LogP contribution in [0.5, 0.6) is 0 Å². The average Bonchev–Trinajstić information content (AvgIpc) is 2.78. The summed E-state index contributed by atoms with van der Waals surface area (Å²) in [6, 6.07) is 9.37. The highest BCUT2D eigenvalue weighted by molar-refractivity contribution is 7.92. The van der Waals surface area contributed by atoms with Gasteiger partial charge in [0.25, 0.3) is 0 Å². The van der Waals surface area contributed by atoms with Crippen molar-refractivity contribution in [3.8, 4) is 0 Å². The summed E-state index contributed by atoms with van der Waals surface area (Å²) in [5.41, 5.74) is 2.77. The van der Waals surface area contributed by atoms with E-state index >= 15 is 0 Å². The second-order valence-corrected chi connectivity index (χ2v) is 11.2. The van der Waals surface area contributed by atoms with Gasteiger partial charge in [0.15, 0.2) is 0 Å². The van der Waals surface area contributed by atoms with Gasteiger partial charge >= 0.3 is 0 Å². The van der Waals surface area contributed by atoms with Crippen LogP contribution in [0.3, 0.4) is 0 Å². The van der Waals surface area contributed by atoms with Crippen molar-refractivity contribution >= 4 is 50.7 Å². The summed E-state index contributed by atoms with van der Waals surface area (Å²) in [6.07, 6.45) is 2.11. The van der Waals surface area contributed by atoms with Crippen molar-refractivity contribution in [3.63, 3.8) is 0 Å². The van der Waals surface area contributed by atoms with Crippen LogP contribution in [0.2, 0.25) is 10.0 Å². The molecule has 10 heteroatoms. The molecular weight excluding hydrogens is 509 g/mol. The molecule has 192 valence electrons. The number of nitrogens with one attached hydrogen (secondary N) is 1. The normalized spacial score (nSPS) is 12.2. The number of carbonyl (C=O) groups is 2. The number of hydrogen-bond donors (Lipinski definition) is 1. The third kappa shape index (κ3) is 7.59. The summed E-state index contributed by atoms with van der Waals surface area (Å²) >= 11 is 12.7. The Kier molecular flexibility index (Phi) is 10.4. The lowest BCUT2D eigenvalue weighted by Crippen LogP contribution is -2.52. The molecule has 0 saturated heterocycles. The number of aryl methyl sites for hydroxylation is 2. The molecule has 1 N–H and O–H groups in total. The molecule has 0 saturated carbocycles. The first kappa shape index (κ1) is 28.9. The maximum Gasteiger partial charge on any atom is 0.244 e. The molecule has 7 nitrogen and oxygen atoms in total. The van der Waals surface area contributed by atoms with Gasteiger partial charge in [0.1, 0.15) is 12.6 Å². The summed E-state index contributed by atoms with van der Waals surface area (Å²) in [7, 11) is -3.80. The van der Waals surface area contributed by atoms with Gasteiger partial charge in [-0.25, -0.2) is 8.42 Å². The number of nitrogens with zero attached hydrogens (tertiary/aromatic N) is 2. The van der Waals surface area contributed by atoms with E-state index in [0.29, 0.717) is 34.3 Å². The Balaban J connectivity index is 2.50. The van der Waals surface area contributed by atoms with Gasteiger partial charge < -0.3 is 10.2 Å². The van der Waals surface area contributed by atoms with E-state index in [1.165, 1.54) is 4.90 Å². The van der Waals surface area contributed by atoms with Crippen LogP contribution in [0.15, 0.2) is 36.4 Å². The molecule has 0 heterocycles. The SMILES string of the molecule is CCCNC(=O)C(CC)N(Cc1c(Cl)cccc1Cl)C(=O)CN(c1ccc(C)c(C)c1)S(C)(=O)=O. The smallest absolute Gasteiger partial charge is 0.244 e. The fraction of sp³-hybridized carbons (Fsp3) is 0.440. The summed E-state index contributed by atoms with van der Waals surface area (Å²) < 4.78 is 26.5. The van der Waals surface area contributed by atoms with Crippen molar-refractivity contribution in [1.82, 2.24) is 10.2 Å². The minimum atomic E-state index is -3.80. The van der Waals surface area contributed by atoms with Crippen LogP contribution < -0.4 is 9.62 Å². The molecule has 0 aliphatic carbocycles. The Bertz CT molecular complexity index is 1150. The minimum Gasteiger partial charge on any atom is -0.354 e. The number of rotatable bonds is 11. The predicted molar refractivity (Wildman–Crippen MR) is 142 cm³/mol. The Labute approximate surface area is 218 Å². The van der Waals surface area contributed by atoms with Gasteiger partial charge in [-0.1, -0.05) is 49.2 Å². The van der Waals surface area contributed by atoms with E-state index in [1.807, 2.05) is 26.8 Å². The first-order valence-electron chi connectivity index (χ1n) is 11.5. The monoisotopic (exact) mass is 541 g/mol. The lowest BCUT2D eigenvalue weighted by Gasteiger charge is -2.33. The third-order valence-corrected chi connectivity index (χ3v) is 7.63. The van der Waals surface area contributed by atoms with Gasteiger partial charge in [0.2, 0.25) is 21.8 Å². The topological polar surface area (TPSA) is 86.8 Å². The first-order chi connectivity index (χ1) is 16.4. The van der Waals surface area contributed by atoms with Crippen molar-refractivity contribution in [2.45, 2.75) is 53.1 Å². The average molecular weight is 543 g/mol. The highest BCUT2D eigenvalue weighted by Crippen LogP contribution is 2.28. The van der Waals surface area contributed by atoms with Crippen LogP contribution in [0.4, 0.5) is 5.69 Å². The zero-order chi connectivity index (χ0) is 26.3.